The highest BCUT2D eigenvalue weighted by atomic mass is 32.1. The van der Waals surface area contributed by atoms with E-state index in [2.05, 4.69) is 29.6 Å². The number of hydrogen-bond acceptors (Lipinski definition) is 5. The number of thiocarbonyl (C=S) groups is 1. The Morgan fingerprint density at radius 2 is 2.00 bits per heavy atom. The SMILES string of the molecule is Cc1oc2c(c(=O)c1C(O)C(C)NCCCCc1ccccc1)=CC(=S)CC=2. The van der Waals surface area contributed by atoms with Gasteiger partial charge in [-0.05, 0) is 57.4 Å². The van der Waals surface area contributed by atoms with E-state index < -0.39 is 6.10 Å². The molecule has 0 spiro atoms. The number of rotatable bonds is 8. The Labute approximate surface area is 170 Å². The lowest BCUT2D eigenvalue weighted by Gasteiger charge is -2.21. The van der Waals surface area contributed by atoms with Crippen LogP contribution in [0.5, 0.6) is 0 Å². The van der Waals surface area contributed by atoms with E-state index in [0.717, 1.165) is 25.8 Å². The van der Waals surface area contributed by atoms with Crippen molar-refractivity contribution in [3.63, 3.8) is 0 Å². The topological polar surface area (TPSA) is 62.5 Å². The molecule has 1 aliphatic carbocycles. The van der Waals surface area contributed by atoms with E-state index in [0.29, 0.717) is 33.2 Å². The minimum absolute atomic E-state index is 0.192. The lowest BCUT2D eigenvalue weighted by molar-refractivity contribution is 0.131. The second-order valence-electron chi connectivity index (χ2n) is 7.33. The molecule has 0 saturated heterocycles. The highest BCUT2D eigenvalue weighted by molar-refractivity contribution is 7.81. The zero-order valence-electron chi connectivity index (χ0n) is 16.4. The first-order valence-corrected chi connectivity index (χ1v) is 10.2. The molecule has 1 heterocycles. The normalized spacial score (nSPS) is 15.3. The summed E-state index contributed by atoms with van der Waals surface area (Å²) in [7, 11) is 0. The molecule has 2 aromatic rings. The Balaban J connectivity index is 1.61. The van der Waals surface area contributed by atoms with Gasteiger partial charge in [0.15, 0.2) is 5.43 Å². The lowest BCUT2D eigenvalue weighted by Crippen LogP contribution is -2.46. The second-order valence-corrected chi connectivity index (χ2v) is 7.85. The fraction of sp³-hybridized carbons (Fsp3) is 0.391. The Morgan fingerprint density at radius 3 is 2.75 bits per heavy atom. The zero-order valence-corrected chi connectivity index (χ0v) is 17.2. The molecule has 1 aromatic carbocycles. The van der Waals surface area contributed by atoms with Crippen LogP contribution < -0.4 is 21.4 Å². The molecule has 2 N–H and O–H groups in total. The molecule has 0 radical (unpaired) electrons. The van der Waals surface area contributed by atoms with Crippen LogP contribution in [0.15, 0.2) is 39.5 Å². The average Bonchev–Trinajstić information content (AvgIpc) is 2.69. The Bertz CT molecular complexity index is 1010. The van der Waals surface area contributed by atoms with E-state index in [-0.39, 0.29) is 11.5 Å². The van der Waals surface area contributed by atoms with Gasteiger partial charge >= 0.3 is 0 Å². The van der Waals surface area contributed by atoms with Crippen LogP contribution in [0.25, 0.3) is 12.2 Å². The molecule has 148 valence electrons. The molecule has 0 amide bonds. The average molecular weight is 398 g/mol. The van der Waals surface area contributed by atoms with E-state index in [9.17, 15) is 9.90 Å². The van der Waals surface area contributed by atoms with Crippen LogP contribution >= 0.6 is 12.2 Å². The summed E-state index contributed by atoms with van der Waals surface area (Å²) in [6.07, 6.45) is 6.31. The van der Waals surface area contributed by atoms with Gasteiger partial charge < -0.3 is 14.8 Å². The summed E-state index contributed by atoms with van der Waals surface area (Å²) in [5.74, 6) is 0.464. The van der Waals surface area contributed by atoms with Crippen molar-refractivity contribution < 1.29 is 9.52 Å². The molecule has 2 atom stereocenters. The van der Waals surface area contributed by atoms with Crippen molar-refractivity contribution in [2.75, 3.05) is 6.54 Å². The molecule has 0 bridgehead atoms. The van der Waals surface area contributed by atoms with Crippen LogP contribution in [0.4, 0.5) is 0 Å². The van der Waals surface area contributed by atoms with Crippen molar-refractivity contribution >= 4 is 29.2 Å². The zero-order chi connectivity index (χ0) is 20.1. The molecule has 28 heavy (non-hydrogen) atoms. The van der Waals surface area contributed by atoms with E-state index in [1.165, 1.54) is 5.56 Å². The van der Waals surface area contributed by atoms with Gasteiger partial charge in [0.25, 0.3) is 0 Å². The predicted octanol–water partition coefficient (Wildman–Crippen LogP) is 2.32. The first-order valence-electron chi connectivity index (χ1n) is 9.81. The Kier molecular flexibility index (Phi) is 6.94. The molecule has 0 aliphatic heterocycles. The monoisotopic (exact) mass is 397 g/mol. The molecule has 1 aromatic heterocycles. The Hall–Kier alpha value is -2.08. The fourth-order valence-corrected chi connectivity index (χ4v) is 3.73. The maximum Gasteiger partial charge on any atom is 0.198 e. The number of aliphatic hydroxyl groups excluding tert-OH is 1. The van der Waals surface area contributed by atoms with Gasteiger partial charge in [-0.15, -0.1) is 0 Å². The molecule has 4 nitrogen and oxygen atoms in total. The van der Waals surface area contributed by atoms with Gasteiger partial charge in [-0.3, -0.25) is 4.79 Å². The number of aliphatic hydroxyl groups is 1. The number of unbranched alkanes of at least 4 members (excludes halogenated alkanes) is 1. The summed E-state index contributed by atoms with van der Waals surface area (Å²) in [6.45, 7) is 4.40. The van der Waals surface area contributed by atoms with Crippen LogP contribution in [-0.2, 0) is 6.42 Å². The van der Waals surface area contributed by atoms with Gasteiger partial charge in [0, 0.05) is 17.3 Å². The van der Waals surface area contributed by atoms with Gasteiger partial charge in [0.1, 0.15) is 17.3 Å². The number of hydrogen-bond donors (Lipinski definition) is 2. The van der Waals surface area contributed by atoms with Crippen molar-refractivity contribution in [1.82, 2.24) is 5.32 Å². The number of nitrogens with one attached hydrogen (secondary N) is 1. The number of aryl methyl sites for hydroxylation is 2. The molecule has 2 unspecified atom stereocenters. The van der Waals surface area contributed by atoms with E-state index in [4.69, 9.17) is 16.6 Å². The van der Waals surface area contributed by atoms with Gasteiger partial charge in [-0.25, -0.2) is 0 Å². The van der Waals surface area contributed by atoms with Crippen molar-refractivity contribution in [2.24, 2.45) is 0 Å². The van der Waals surface area contributed by atoms with Crippen LogP contribution in [0.3, 0.4) is 0 Å². The van der Waals surface area contributed by atoms with Crippen molar-refractivity contribution in [3.8, 4) is 0 Å². The summed E-state index contributed by atoms with van der Waals surface area (Å²) in [5.41, 5.74) is 2.01. The maximum absolute atomic E-state index is 12.9. The maximum atomic E-state index is 12.9. The molecular weight excluding hydrogens is 370 g/mol. The van der Waals surface area contributed by atoms with Gasteiger partial charge in [-0.1, -0.05) is 42.5 Å². The number of benzene rings is 1. The predicted molar refractivity (Wildman–Crippen MR) is 117 cm³/mol. The van der Waals surface area contributed by atoms with E-state index in [1.54, 1.807) is 13.0 Å². The van der Waals surface area contributed by atoms with Crippen LogP contribution in [0.2, 0.25) is 0 Å². The third-order valence-corrected chi connectivity index (χ3v) is 5.45. The lowest BCUT2D eigenvalue weighted by atomic mass is 10.00. The molecule has 0 fully saturated rings. The molecule has 0 saturated carbocycles. The molecular formula is C23H27NO3S. The van der Waals surface area contributed by atoms with Crippen molar-refractivity contribution in [2.45, 2.75) is 51.7 Å². The minimum atomic E-state index is -0.931. The van der Waals surface area contributed by atoms with E-state index in [1.807, 2.05) is 19.1 Å². The van der Waals surface area contributed by atoms with Gasteiger partial charge in [0.2, 0.25) is 0 Å². The minimum Gasteiger partial charge on any atom is -0.461 e. The summed E-state index contributed by atoms with van der Waals surface area (Å²) >= 11 is 5.21. The van der Waals surface area contributed by atoms with Gasteiger partial charge in [-0.2, -0.15) is 0 Å². The van der Waals surface area contributed by atoms with Crippen LogP contribution in [-0.4, -0.2) is 22.6 Å². The van der Waals surface area contributed by atoms with Gasteiger partial charge in [0.05, 0.1) is 10.8 Å². The first kappa shape index (κ1) is 20.6. The summed E-state index contributed by atoms with van der Waals surface area (Å²) in [4.78, 5) is 13.6. The molecule has 5 heteroatoms. The Morgan fingerprint density at radius 1 is 1.25 bits per heavy atom. The van der Waals surface area contributed by atoms with Crippen molar-refractivity contribution in [3.05, 3.63) is 68.1 Å². The van der Waals surface area contributed by atoms with Crippen LogP contribution in [0, 0.1) is 6.92 Å². The van der Waals surface area contributed by atoms with E-state index >= 15 is 0 Å². The second kappa shape index (κ2) is 9.41. The summed E-state index contributed by atoms with van der Waals surface area (Å²) in [5, 5.41) is 14.6. The molecule has 3 rings (SSSR count). The smallest absolute Gasteiger partial charge is 0.198 e. The largest absolute Gasteiger partial charge is 0.461 e. The third kappa shape index (κ3) is 4.85. The fourth-order valence-electron chi connectivity index (χ4n) is 3.53. The number of fused-ring (bicyclic) bond motifs is 1. The van der Waals surface area contributed by atoms with Crippen LogP contribution in [0.1, 0.15) is 49.2 Å². The standard InChI is InChI=1S/C23H27NO3S/c1-15(24-13-7-6-10-17-8-4-3-5-9-17)22(25)21-16(2)27-20-12-11-18(28)14-19(20)23(21)26/h3-5,8-9,12,14-15,22,24-25H,6-7,10-11,13H2,1-2H3. The van der Waals surface area contributed by atoms with Crippen molar-refractivity contribution in [1.29, 1.82) is 0 Å². The first-order chi connectivity index (χ1) is 13.5. The summed E-state index contributed by atoms with van der Waals surface area (Å²) < 4.78 is 5.79. The third-order valence-electron chi connectivity index (χ3n) is 5.16. The highest BCUT2D eigenvalue weighted by Crippen LogP contribution is 2.16. The quantitative estimate of drug-likeness (QED) is 0.529. The molecule has 1 aliphatic rings. The highest BCUT2D eigenvalue weighted by Gasteiger charge is 2.23. The summed E-state index contributed by atoms with van der Waals surface area (Å²) in [6, 6.07) is 10.2.